The summed E-state index contributed by atoms with van der Waals surface area (Å²) >= 11 is 0. The van der Waals surface area contributed by atoms with Gasteiger partial charge in [-0.3, -0.25) is 5.01 Å². The van der Waals surface area contributed by atoms with Crippen molar-refractivity contribution in [3.05, 3.63) is 46.6 Å². The van der Waals surface area contributed by atoms with E-state index < -0.39 is 23.5 Å². The Morgan fingerprint density at radius 2 is 1.69 bits per heavy atom. The zero-order valence-electron chi connectivity index (χ0n) is 13.6. The smallest absolute Gasteiger partial charge is 0.335 e. The van der Waals surface area contributed by atoms with Crippen LogP contribution in [0.15, 0.2) is 29.3 Å². The van der Waals surface area contributed by atoms with E-state index in [0.717, 1.165) is 6.07 Å². The fourth-order valence-electron chi connectivity index (χ4n) is 2.61. The van der Waals surface area contributed by atoms with E-state index in [1.54, 1.807) is 19.0 Å². The maximum Gasteiger partial charge on any atom is 0.417 e. The molecule has 0 aliphatic carbocycles. The summed E-state index contributed by atoms with van der Waals surface area (Å²) < 4.78 is 79.3. The number of hydrogen-bond donors (Lipinski definition) is 1. The Morgan fingerprint density at radius 3 is 2.31 bits per heavy atom. The Bertz CT molecular complexity index is 912. The lowest BCUT2D eigenvalue weighted by Gasteiger charge is -2.16. The van der Waals surface area contributed by atoms with E-state index in [-0.39, 0.29) is 11.2 Å². The largest absolute Gasteiger partial charge is 0.417 e. The van der Waals surface area contributed by atoms with Crippen LogP contribution in [0.5, 0.6) is 0 Å². The van der Waals surface area contributed by atoms with Crippen LogP contribution in [0.2, 0.25) is 0 Å². The topological polar surface area (TPSA) is 45.5 Å². The summed E-state index contributed by atoms with van der Waals surface area (Å²) in [4.78, 5) is 8.33. The molecule has 2 heterocycles. The summed E-state index contributed by atoms with van der Waals surface area (Å²) in [5, 5.41) is 4.65. The Hall–Kier alpha value is -2.72. The highest BCUT2D eigenvalue weighted by Gasteiger charge is 2.43. The number of fused-ring (bicyclic) bond motifs is 1. The van der Waals surface area contributed by atoms with Gasteiger partial charge < -0.3 is 5.32 Å². The molecule has 1 aliphatic heterocycles. The van der Waals surface area contributed by atoms with Crippen molar-refractivity contribution in [2.75, 3.05) is 24.0 Å². The molecular weight excluding hydrogens is 364 g/mol. The highest BCUT2D eigenvalue weighted by Crippen LogP contribution is 2.41. The first-order valence-corrected chi connectivity index (χ1v) is 7.36. The lowest BCUT2D eigenvalue weighted by molar-refractivity contribution is -0.162. The second-order valence-electron chi connectivity index (χ2n) is 5.72. The van der Waals surface area contributed by atoms with Gasteiger partial charge >= 0.3 is 12.4 Å². The van der Waals surface area contributed by atoms with Gasteiger partial charge in [0, 0.05) is 18.8 Å². The Labute approximate surface area is 143 Å². The zero-order chi connectivity index (χ0) is 19.3. The molecular formula is C15H13F6N5. The van der Waals surface area contributed by atoms with Crippen LogP contribution >= 0.6 is 0 Å². The fourth-order valence-corrected chi connectivity index (χ4v) is 2.61. The molecule has 0 bridgehead atoms. The quantitative estimate of drug-likeness (QED) is 0.775. The summed E-state index contributed by atoms with van der Waals surface area (Å²) in [6.07, 6.45) is -10.3. The van der Waals surface area contributed by atoms with Crippen LogP contribution in [0, 0.1) is 6.92 Å². The van der Waals surface area contributed by atoms with E-state index in [0.29, 0.717) is 30.4 Å². The Morgan fingerprint density at radius 1 is 1.04 bits per heavy atom. The van der Waals surface area contributed by atoms with E-state index in [4.69, 9.17) is 0 Å². The summed E-state index contributed by atoms with van der Waals surface area (Å²) in [5.41, 5.74) is -2.96. The number of anilines is 1. The highest BCUT2D eigenvalue weighted by molar-refractivity contribution is 5.47. The number of aromatic nitrogens is 2. The molecule has 1 aromatic heterocycles. The number of hydrogen-bond acceptors (Lipinski definition) is 4. The number of halogens is 6. The molecule has 0 fully saturated rings. The van der Waals surface area contributed by atoms with Crippen LogP contribution < -0.4 is 15.8 Å². The minimum atomic E-state index is -5.15. The molecule has 1 aromatic carbocycles. The number of nitrogens with zero attached hydrogens (tertiary/aromatic N) is 4. The molecule has 140 valence electrons. The van der Waals surface area contributed by atoms with Crippen molar-refractivity contribution in [1.82, 2.24) is 9.66 Å². The maximum atomic E-state index is 13.1. The predicted octanol–water partition coefficient (Wildman–Crippen LogP) is 3.41. The van der Waals surface area contributed by atoms with Gasteiger partial charge in [0.25, 0.3) is 0 Å². The molecule has 5 nitrogen and oxygen atoms in total. The zero-order valence-corrected chi connectivity index (χ0v) is 13.6. The number of aryl methyl sites for hydroxylation is 1. The monoisotopic (exact) mass is 377 g/mol. The number of alkyl halides is 6. The van der Waals surface area contributed by atoms with Gasteiger partial charge in [-0.1, -0.05) is 0 Å². The summed E-state index contributed by atoms with van der Waals surface area (Å²) in [6, 6.07) is 3.22. The first-order valence-electron chi connectivity index (χ1n) is 7.36. The number of nitrogens with one attached hydrogen (secondary N) is 1. The van der Waals surface area contributed by atoms with Crippen molar-refractivity contribution in [3.8, 4) is 0 Å². The van der Waals surface area contributed by atoms with Gasteiger partial charge in [-0.15, -0.1) is 0 Å². The van der Waals surface area contributed by atoms with Gasteiger partial charge in [0.2, 0.25) is 5.95 Å². The molecule has 1 N–H and O–H groups in total. The van der Waals surface area contributed by atoms with Gasteiger partial charge in [-0.05, 0) is 25.1 Å². The molecule has 0 spiro atoms. The molecule has 3 rings (SSSR count). The van der Waals surface area contributed by atoms with Gasteiger partial charge in [0.05, 0.1) is 16.8 Å². The van der Waals surface area contributed by atoms with E-state index in [9.17, 15) is 26.3 Å². The molecule has 2 aromatic rings. The molecule has 0 amide bonds. The lowest BCUT2D eigenvalue weighted by atomic mass is 10.1. The summed E-state index contributed by atoms with van der Waals surface area (Å²) in [5.74, 6) is 0.439. The molecule has 1 aliphatic rings. The normalized spacial score (nSPS) is 15.2. The molecule has 0 unspecified atom stereocenters. The van der Waals surface area contributed by atoms with Gasteiger partial charge in [-0.25, -0.2) is 14.7 Å². The molecule has 0 saturated heterocycles. The highest BCUT2D eigenvalue weighted by atomic mass is 19.4. The van der Waals surface area contributed by atoms with Crippen molar-refractivity contribution in [3.63, 3.8) is 0 Å². The van der Waals surface area contributed by atoms with Crippen molar-refractivity contribution in [2.45, 2.75) is 19.3 Å². The Balaban J connectivity index is 2.20. The Kier molecular flexibility index (Phi) is 4.12. The first kappa shape index (κ1) is 18.1. The van der Waals surface area contributed by atoms with Crippen molar-refractivity contribution >= 4 is 11.6 Å². The maximum absolute atomic E-state index is 13.1. The van der Waals surface area contributed by atoms with Gasteiger partial charge in [-0.2, -0.15) is 26.3 Å². The SMILES string of the molecule is Cc1cc(=Nc2ccc(C(F)(F)F)c(C(F)(F)F)c2)n2c(n1)NCN2C. The van der Waals surface area contributed by atoms with Crippen molar-refractivity contribution in [1.29, 1.82) is 0 Å². The summed E-state index contributed by atoms with van der Waals surface area (Å²) in [7, 11) is 1.70. The van der Waals surface area contributed by atoms with E-state index in [2.05, 4.69) is 15.3 Å². The first-order chi connectivity index (χ1) is 12.0. The third-order valence-corrected chi connectivity index (χ3v) is 3.70. The van der Waals surface area contributed by atoms with Crippen molar-refractivity contribution < 1.29 is 26.3 Å². The van der Waals surface area contributed by atoms with Crippen LogP contribution in [0.4, 0.5) is 38.0 Å². The van der Waals surface area contributed by atoms with Crippen molar-refractivity contribution in [2.24, 2.45) is 4.99 Å². The third-order valence-electron chi connectivity index (χ3n) is 3.70. The van der Waals surface area contributed by atoms with E-state index >= 15 is 0 Å². The van der Waals surface area contributed by atoms with Gasteiger partial charge in [0.15, 0.2) is 5.49 Å². The summed E-state index contributed by atoms with van der Waals surface area (Å²) in [6.45, 7) is 2.08. The lowest BCUT2D eigenvalue weighted by Crippen LogP contribution is -2.35. The number of benzene rings is 1. The minimum absolute atomic E-state index is 0.243. The molecule has 11 heteroatoms. The van der Waals surface area contributed by atoms with Crippen LogP contribution in [0.3, 0.4) is 0 Å². The predicted molar refractivity (Wildman–Crippen MR) is 81.3 cm³/mol. The second kappa shape index (κ2) is 5.92. The fraction of sp³-hybridized carbons (Fsp3) is 0.333. The van der Waals surface area contributed by atoms with Crippen LogP contribution in [0.25, 0.3) is 0 Å². The molecule has 0 radical (unpaired) electrons. The molecule has 26 heavy (non-hydrogen) atoms. The number of rotatable bonds is 1. The average molecular weight is 377 g/mol. The average Bonchev–Trinajstić information content (AvgIpc) is 2.86. The van der Waals surface area contributed by atoms with E-state index in [1.165, 1.54) is 10.7 Å². The van der Waals surface area contributed by atoms with Gasteiger partial charge in [0.1, 0.15) is 6.67 Å². The molecule has 0 saturated carbocycles. The van der Waals surface area contributed by atoms with Crippen LogP contribution in [0.1, 0.15) is 16.8 Å². The standard InChI is InChI=1S/C15H13F6N5/c1-8-5-12(26-13(23-8)22-7-25(26)2)24-9-3-4-10(14(16,17)18)11(6-9)15(19,20)21/h3-6H,7H2,1-2H3,(H,22,23). The molecule has 0 atom stereocenters. The van der Waals surface area contributed by atoms with E-state index in [1.807, 2.05) is 0 Å². The van der Waals surface area contributed by atoms with Crippen LogP contribution in [-0.2, 0) is 12.4 Å². The third kappa shape index (κ3) is 3.33. The second-order valence-corrected chi connectivity index (χ2v) is 5.72. The van der Waals surface area contributed by atoms with Crippen LogP contribution in [-0.4, -0.2) is 23.4 Å². The minimum Gasteiger partial charge on any atom is -0.335 e.